The molecule has 0 spiro atoms. The third-order valence-corrected chi connectivity index (χ3v) is 7.84. The van der Waals surface area contributed by atoms with Crippen LogP contribution in [0.5, 0.6) is 0 Å². The molecule has 1 fully saturated rings. The second-order valence-corrected chi connectivity index (χ2v) is 9.90. The summed E-state index contributed by atoms with van der Waals surface area (Å²) in [5, 5.41) is 5.31. The Morgan fingerprint density at radius 1 is 1.24 bits per heavy atom. The number of nitrogens with one attached hydrogen (secondary N) is 2. The van der Waals surface area contributed by atoms with Gasteiger partial charge in [-0.15, -0.1) is 0 Å². The van der Waals surface area contributed by atoms with Crippen molar-refractivity contribution in [1.29, 1.82) is 0 Å². The number of H-pyrrole nitrogens is 1. The van der Waals surface area contributed by atoms with E-state index >= 15 is 0 Å². The molecule has 1 aromatic heterocycles. The van der Waals surface area contributed by atoms with Gasteiger partial charge in [-0.25, -0.2) is 0 Å². The van der Waals surface area contributed by atoms with Gasteiger partial charge in [-0.2, -0.15) is 0 Å². The average molecular weight is 486 g/mol. The predicted molar refractivity (Wildman–Crippen MR) is 148 cm³/mol. The Morgan fingerprint density at radius 3 is 2.71 bits per heavy atom. The highest BCUT2D eigenvalue weighted by Gasteiger charge is 2.26. The van der Waals surface area contributed by atoms with Gasteiger partial charge < -0.3 is 20.1 Å². The van der Waals surface area contributed by atoms with Gasteiger partial charge in [0, 0.05) is 24.7 Å². The average Bonchev–Trinajstić information content (AvgIpc) is 3.29. The first-order chi connectivity index (χ1) is 16.4. The number of likely N-dealkylation sites (N-methyl/N-ethyl adjacent to an activating group) is 1. The topological polar surface area (TPSA) is 54.6 Å². The summed E-state index contributed by atoms with van der Waals surface area (Å²) in [4.78, 5) is 23.4. The van der Waals surface area contributed by atoms with Crippen LogP contribution in [0.25, 0.3) is 10.9 Å². The van der Waals surface area contributed by atoms with E-state index in [1.165, 1.54) is 18.4 Å². The standard InChI is InChI=1S/C27H43N5OS/c1-6-30(7-2)15-10-14-28-27(34)32(19-24-11-9-16-31(24)8-3)18-23-17-22-13-12-20(4)21(5)25(22)29-26(23)33/h12-13,17,24H,6-11,14-16,18-19H2,1-5H3,(H,28,34)(H,29,33)/t24-/m1/s1. The van der Waals surface area contributed by atoms with Gasteiger partial charge >= 0.3 is 0 Å². The molecule has 1 aromatic carbocycles. The van der Waals surface area contributed by atoms with Crippen LogP contribution in [0.4, 0.5) is 0 Å². The first-order valence-corrected chi connectivity index (χ1v) is 13.4. The summed E-state index contributed by atoms with van der Waals surface area (Å²) in [5.41, 5.74) is 4.00. The lowest BCUT2D eigenvalue weighted by atomic mass is 10.0. The van der Waals surface area contributed by atoms with Crippen LogP contribution in [-0.2, 0) is 6.54 Å². The lowest BCUT2D eigenvalue weighted by Crippen LogP contribution is -2.47. The minimum atomic E-state index is -0.0192. The van der Waals surface area contributed by atoms with E-state index in [9.17, 15) is 4.79 Å². The number of benzene rings is 1. The van der Waals surface area contributed by atoms with Crippen LogP contribution in [0.2, 0.25) is 0 Å². The van der Waals surface area contributed by atoms with Gasteiger partial charge in [0.15, 0.2) is 5.11 Å². The number of hydrogen-bond donors (Lipinski definition) is 2. The van der Waals surface area contributed by atoms with E-state index in [1.807, 2.05) is 6.07 Å². The molecule has 1 aliphatic heterocycles. The van der Waals surface area contributed by atoms with Crippen molar-refractivity contribution in [2.24, 2.45) is 0 Å². The Balaban J connectivity index is 1.76. The summed E-state index contributed by atoms with van der Waals surface area (Å²) in [5.74, 6) is 0. The van der Waals surface area contributed by atoms with Gasteiger partial charge in [0.05, 0.1) is 12.1 Å². The van der Waals surface area contributed by atoms with E-state index in [0.29, 0.717) is 12.6 Å². The molecule has 1 atom stereocenters. The van der Waals surface area contributed by atoms with E-state index in [-0.39, 0.29) is 5.56 Å². The number of nitrogens with zero attached hydrogens (tertiary/aromatic N) is 3. The molecule has 1 aliphatic rings. The number of fused-ring (bicyclic) bond motifs is 1. The summed E-state index contributed by atoms with van der Waals surface area (Å²) in [6.45, 7) is 18.4. The third kappa shape index (κ3) is 6.58. The molecule has 0 aliphatic carbocycles. The second-order valence-electron chi connectivity index (χ2n) is 9.51. The number of hydrogen-bond acceptors (Lipinski definition) is 4. The molecule has 0 amide bonds. The quantitative estimate of drug-likeness (QED) is 0.370. The zero-order valence-corrected chi connectivity index (χ0v) is 22.6. The maximum Gasteiger partial charge on any atom is 0.253 e. The number of rotatable bonds is 11. The Kier molecular flexibility index (Phi) is 9.92. The summed E-state index contributed by atoms with van der Waals surface area (Å²) in [6, 6.07) is 6.74. The summed E-state index contributed by atoms with van der Waals surface area (Å²) < 4.78 is 0. The van der Waals surface area contributed by atoms with Crippen molar-refractivity contribution < 1.29 is 0 Å². The van der Waals surface area contributed by atoms with Gasteiger partial charge in [-0.1, -0.05) is 32.9 Å². The van der Waals surface area contributed by atoms with Gasteiger partial charge in [-0.3, -0.25) is 9.69 Å². The molecule has 3 rings (SSSR count). The molecule has 7 heteroatoms. The van der Waals surface area contributed by atoms with E-state index in [1.54, 1.807) is 0 Å². The molecule has 0 unspecified atom stereocenters. The normalized spacial score (nSPS) is 16.5. The van der Waals surface area contributed by atoms with Gasteiger partial charge in [0.2, 0.25) is 0 Å². The Bertz CT molecular complexity index is 1020. The summed E-state index contributed by atoms with van der Waals surface area (Å²) in [7, 11) is 0. The van der Waals surface area contributed by atoms with E-state index in [2.05, 4.69) is 71.8 Å². The molecule has 2 N–H and O–H groups in total. The van der Waals surface area contributed by atoms with Gasteiger partial charge in [0.25, 0.3) is 5.56 Å². The van der Waals surface area contributed by atoms with Crippen LogP contribution in [0.3, 0.4) is 0 Å². The monoisotopic (exact) mass is 485 g/mol. The van der Waals surface area contributed by atoms with E-state index < -0.39 is 0 Å². The molecule has 0 radical (unpaired) electrons. The fraction of sp³-hybridized carbons (Fsp3) is 0.630. The van der Waals surface area contributed by atoms with Crippen molar-refractivity contribution in [3.63, 3.8) is 0 Å². The number of thiocarbonyl (C=S) groups is 1. The molecule has 0 bridgehead atoms. The first-order valence-electron chi connectivity index (χ1n) is 13.0. The highest BCUT2D eigenvalue weighted by atomic mass is 32.1. The van der Waals surface area contributed by atoms with Crippen molar-refractivity contribution in [3.05, 3.63) is 45.2 Å². The number of likely N-dealkylation sites (tertiary alicyclic amines) is 1. The van der Waals surface area contributed by atoms with Crippen molar-refractivity contribution in [2.75, 3.05) is 45.8 Å². The maximum atomic E-state index is 13.1. The summed E-state index contributed by atoms with van der Waals surface area (Å²) >= 11 is 5.87. The molecule has 34 heavy (non-hydrogen) atoms. The number of pyridine rings is 1. The number of aryl methyl sites for hydroxylation is 2. The second kappa shape index (κ2) is 12.7. The Hall–Kier alpha value is -1.96. The van der Waals surface area contributed by atoms with E-state index in [4.69, 9.17) is 12.2 Å². The Morgan fingerprint density at radius 2 is 2.00 bits per heavy atom. The molecular formula is C27H43N5OS. The van der Waals surface area contributed by atoms with Crippen LogP contribution in [0, 0.1) is 13.8 Å². The summed E-state index contributed by atoms with van der Waals surface area (Å²) in [6.07, 6.45) is 3.46. The smallest absolute Gasteiger partial charge is 0.253 e. The van der Waals surface area contributed by atoms with Crippen molar-refractivity contribution in [1.82, 2.24) is 25.0 Å². The van der Waals surface area contributed by atoms with Crippen LogP contribution in [0.15, 0.2) is 23.0 Å². The third-order valence-electron chi connectivity index (χ3n) is 7.43. The molecule has 2 aromatic rings. The van der Waals surface area contributed by atoms with Crippen LogP contribution in [-0.4, -0.2) is 76.7 Å². The van der Waals surface area contributed by atoms with Crippen molar-refractivity contribution >= 4 is 28.2 Å². The van der Waals surface area contributed by atoms with E-state index in [0.717, 1.165) is 79.4 Å². The minimum Gasteiger partial charge on any atom is -0.363 e. The van der Waals surface area contributed by atoms with Gasteiger partial charge in [0.1, 0.15) is 0 Å². The number of aromatic nitrogens is 1. The zero-order chi connectivity index (χ0) is 24.7. The molecule has 188 valence electrons. The van der Waals surface area contributed by atoms with Crippen molar-refractivity contribution in [2.45, 2.75) is 66.5 Å². The lowest BCUT2D eigenvalue weighted by Gasteiger charge is -2.32. The fourth-order valence-electron chi connectivity index (χ4n) is 5.03. The number of aromatic amines is 1. The SMILES string of the molecule is CCN(CC)CCCNC(=S)N(Cc1cc2ccc(C)c(C)c2[nH]c1=O)C[C@H]1CCCN1CC. The highest BCUT2D eigenvalue weighted by Crippen LogP contribution is 2.21. The molecule has 1 saturated heterocycles. The van der Waals surface area contributed by atoms with Gasteiger partial charge in [-0.05, 0) is 101 Å². The van der Waals surface area contributed by atoms with Crippen LogP contribution >= 0.6 is 12.2 Å². The first kappa shape index (κ1) is 26.6. The highest BCUT2D eigenvalue weighted by molar-refractivity contribution is 7.80. The van der Waals surface area contributed by atoms with Crippen molar-refractivity contribution in [3.8, 4) is 0 Å². The van der Waals surface area contributed by atoms with Crippen LogP contribution in [0.1, 0.15) is 56.7 Å². The molecular weight excluding hydrogens is 442 g/mol. The molecule has 6 nitrogen and oxygen atoms in total. The molecule has 2 heterocycles. The minimum absolute atomic E-state index is 0.0192. The maximum absolute atomic E-state index is 13.1. The largest absolute Gasteiger partial charge is 0.363 e. The predicted octanol–water partition coefficient (Wildman–Crippen LogP) is 4.04. The molecule has 0 saturated carbocycles. The zero-order valence-electron chi connectivity index (χ0n) is 21.7. The lowest BCUT2D eigenvalue weighted by molar-refractivity contribution is 0.219. The fourth-order valence-corrected chi connectivity index (χ4v) is 5.28. The Labute approximate surface area is 210 Å². The van der Waals surface area contributed by atoms with Crippen LogP contribution < -0.4 is 10.9 Å².